The van der Waals surface area contributed by atoms with Gasteiger partial charge < -0.3 is 24.7 Å². The number of unbranched alkanes of at least 4 members (excludes halogenated alkanes) is 2. The van der Waals surface area contributed by atoms with Crippen LogP contribution >= 0.6 is 0 Å². The van der Waals surface area contributed by atoms with Gasteiger partial charge in [0.1, 0.15) is 5.54 Å². The minimum atomic E-state index is -1.50. The van der Waals surface area contributed by atoms with Gasteiger partial charge in [0.2, 0.25) is 0 Å². The van der Waals surface area contributed by atoms with E-state index in [-0.39, 0.29) is 43.8 Å². The van der Waals surface area contributed by atoms with Gasteiger partial charge in [-0.05, 0) is 51.3 Å². The number of nitrogens with two attached hydrogens (primary N) is 1. The molecule has 0 aliphatic heterocycles. The number of ether oxygens (including phenoxy) is 4. The van der Waals surface area contributed by atoms with Gasteiger partial charge in [-0.15, -0.1) is 0 Å². The molecule has 0 aliphatic rings. The number of hydrogen-bond donors (Lipinski definition) is 1. The van der Waals surface area contributed by atoms with E-state index in [9.17, 15) is 19.2 Å². The molecule has 0 saturated carbocycles. The van der Waals surface area contributed by atoms with Crippen molar-refractivity contribution in [2.24, 2.45) is 11.1 Å². The molecule has 1 atom stereocenters. The van der Waals surface area contributed by atoms with Crippen LogP contribution in [0.1, 0.15) is 85.1 Å². The Kier molecular flexibility index (Phi) is 12.6. The number of rotatable bonds is 14. The summed E-state index contributed by atoms with van der Waals surface area (Å²) in [5.74, 6) is -1.79. The maximum Gasteiger partial charge on any atom is 0.326 e. The summed E-state index contributed by atoms with van der Waals surface area (Å²) in [5, 5.41) is 0. The highest BCUT2D eigenvalue weighted by molar-refractivity contribution is 5.81. The number of carbonyl (C=O) groups excluding carboxylic acids is 4. The van der Waals surface area contributed by atoms with Crippen molar-refractivity contribution >= 4 is 23.9 Å². The number of methoxy groups -OCH3 is 1. The summed E-state index contributed by atoms with van der Waals surface area (Å²) in [4.78, 5) is 49.1. The molecule has 202 valence electrons. The van der Waals surface area contributed by atoms with Gasteiger partial charge in [0, 0.05) is 25.7 Å². The van der Waals surface area contributed by atoms with Crippen LogP contribution in [0.15, 0.2) is 18.2 Å². The number of hydrogen-bond acceptors (Lipinski definition) is 9. The molecule has 0 aromatic heterocycles. The van der Waals surface area contributed by atoms with Gasteiger partial charge in [-0.3, -0.25) is 19.2 Å². The monoisotopic (exact) mass is 507 g/mol. The third-order valence-corrected chi connectivity index (χ3v) is 5.43. The van der Waals surface area contributed by atoms with Crippen molar-refractivity contribution in [1.82, 2.24) is 0 Å². The number of carbonyl (C=O) groups is 4. The van der Waals surface area contributed by atoms with Gasteiger partial charge in [-0.2, -0.15) is 0 Å². The standard InChI is InChI=1S/C27H41NO8/c1-7-9-11-22(29)35-20-14-13-19(17-21(20)36-23(30)12-10-8-2)18-27(28,25(32)33-6)15-16-34-24(31)26(3,4)5/h13-14,17H,7-12,15-16,18,28H2,1-6H3/t27-/m1/s1. The molecule has 0 amide bonds. The lowest BCUT2D eigenvalue weighted by molar-refractivity contribution is -0.156. The van der Waals surface area contributed by atoms with Gasteiger partial charge in [0.15, 0.2) is 11.5 Å². The Bertz CT molecular complexity index is 906. The van der Waals surface area contributed by atoms with E-state index in [1.54, 1.807) is 26.8 Å². The fourth-order valence-corrected chi connectivity index (χ4v) is 3.19. The summed E-state index contributed by atoms with van der Waals surface area (Å²) >= 11 is 0. The SMILES string of the molecule is CCCCC(=O)Oc1ccc(C[C@](N)(CCOC(=O)C(C)(C)C)C(=O)OC)cc1OC(=O)CCCC. The second kappa shape index (κ2) is 14.6. The molecule has 0 radical (unpaired) electrons. The maximum absolute atomic E-state index is 12.6. The lowest BCUT2D eigenvalue weighted by atomic mass is 9.88. The van der Waals surface area contributed by atoms with Gasteiger partial charge in [0.25, 0.3) is 0 Å². The number of benzene rings is 1. The largest absolute Gasteiger partial charge is 0.468 e. The van der Waals surface area contributed by atoms with Crippen LogP contribution in [-0.4, -0.2) is 43.1 Å². The summed E-state index contributed by atoms with van der Waals surface area (Å²) in [6, 6.07) is 4.68. The highest BCUT2D eigenvalue weighted by Crippen LogP contribution is 2.31. The van der Waals surface area contributed by atoms with Crippen molar-refractivity contribution in [3.05, 3.63) is 23.8 Å². The zero-order valence-electron chi connectivity index (χ0n) is 22.4. The van der Waals surface area contributed by atoms with Crippen molar-refractivity contribution in [1.29, 1.82) is 0 Å². The summed E-state index contributed by atoms with van der Waals surface area (Å²) < 4.78 is 21.1. The fraction of sp³-hybridized carbons (Fsp3) is 0.630. The van der Waals surface area contributed by atoms with Crippen molar-refractivity contribution in [2.75, 3.05) is 13.7 Å². The highest BCUT2D eigenvalue weighted by atomic mass is 16.6. The van der Waals surface area contributed by atoms with Crippen molar-refractivity contribution in [3.63, 3.8) is 0 Å². The first kappa shape index (κ1) is 31.1. The molecule has 0 unspecified atom stereocenters. The van der Waals surface area contributed by atoms with E-state index < -0.39 is 34.8 Å². The molecule has 0 saturated heterocycles. The lowest BCUT2D eigenvalue weighted by Gasteiger charge is -2.27. The molecule has 0 aliphatic carbocycles. The molecule has 9 nitrogen and oxygen atoms in total. The molecule has 0 fully saturated rings. The van der Waals surface area contributed by atoms with E-state index in [0.29, 0.717) is 18.4 Å². The van der Waals surface area contributed by atoms with Crippen LogP contribution in [0.25, 0.3) is 0 Å². The van der Waals surface area contributed by atoms with Crippen LogP contribution < -0.4 is 15.2 Å². The van der Waals surface area contributed by atoms with E-state index in [2.05, 4.69) is 0 Å². The predicted molar refractivity (Wildman–Crippen MR) is 134 cm³/mol. The van der Waals surface area contributed by atoms with Crippen molar-refractivity contribution in [2.45, 2.75) is 91.5 Å². The fourth-order valence-electron chi connectivity index (χ4n) is 3.19. The molecule has 0 spiro atoms. The molecule has 1 aromatic rings. The molecule has 1 rings (SSSR count). The van der Waals surface area contributed by atoms with Crippen LogP contribution in [0.4, 0.5) is 0 Å². The normalized spacial score (nSPS) is 12.9. The quantitative estimate of drug-likeness (QED) is 0.290. The van der Waals surface area contributed by atoms with Gasteiger partial charge in [-0.25, -0.2) is 0 Å². The first-order valence-corrected chi connectivity index (χ1v) is 12.4. The number of esters is 4. The molecule has 1 aromatic carbocycles. The molecular formula is C27H41NO8. The van der Waals surface area contributed by atoms with Crippen LogP contribution in [0.2, 0.25) is 0 Å². The summed E-state index contributed by atoms with van der Waals surface area (Å²) in [6.07, 6.45) is 3.47. The second-order valence-electron chi connectivity index (χ2n) is 9.90. The van der Waals surface area contributed by atoms with E-state index in [4.69, 9.17) is 24.7 Å². The zero-order chi connectivity index (χ0) is 27.4. The van der Waals surface area contributed by atoms with E-state index >= 15 is 0 Å². The van der Waals surface area contributed by atoms with Crippen LogP contribution in [-0.2, 0) is 35.1 Å². The molecular weight excluding hydrogens is 466 g/mol. The Hall–Kier alpha value is -2.94. The summed E-state index contributed by atoms with van der Waals surface area (Å²) in [6.45, 7) is 9.03. The minimum absolute atomic E-state index is 0.0102. The zero-order valence-corrected chi connectivity index (χ0v) is 22.4. The lowest BCUT2D eigenvalue weighted by Crippen LogP contribution is -2.51. The highest BCUT2D eigenvalue weighted by Gasteiger charge is 2.36. The maximum atomic E-state index is 12.6. The van der Waals surface area contributed by atoms with Crippen molar-refractivity contribution < 1.29 is 38.1 Å². The second-order valence-corrected chi connectivity index (χ2v) is 9.90. The first-order chi connectivity index (χ1) is 16.9. The Balaban J connectivity index is 3.15. The average Bonchev–Trinajstić information content (AvgIpc) is 2.81. The molecule has 9 heteroatoms. The molecule has 0 bridgehead atoms. The van der Waals surface area contributed by atoms with Crippen LogP contribution in [0, 0.1) is 5.41 Å². The van der Waals surface area contributed by atoms with E-state index in [0.717, 1.165) is 12.8 Å². The predicted octanol–water partition coefficient (Wildman–Crippen LogP) is 4.27. The van der Waals surface area contributed by atoms with E-state index in [1.807, 2.05) is 13.8 Å². The smallest absolute Gasteiger partial charge is 0.326 e. The Morgan fingerprint density at radius 3 is 1.92 bits per heavy atom. The average molecular weight is 508 g/mol. The van der Waals surface area contributed by atoms with Crippen LogP contribution in [0.3, 0.4) is 0 Å². The van der Waals surface area contributed by atoms with Gasteiger partial charge in [0.05, 0.1) is 19.1 Å². The Morgan fingerprint density at radius 1 is 0.861 bits per heavy atom. The minimum Gasteiger partial charge on any atom is -0.468 e. The third-order valence-electron chi connectivity index (χ3n) is 5.43. The Morgan fingerprint density at radius 2 is 1.42 bits per heavy atom. The van der Waals surface area contributed by atoms with E-state index in [1.165, 1.54) is 19.2 Å². The van der Waals surface area contributed by atoms with Gasteiger partial charge >= 0.3 is 23.9 Å². The topological polar surface area (TPSA) is 131 Å². The molecule has 0 heterocycles. The van der Waals surface area contributed by atoms with Crippen LogP contribution in [0.5, 0.6) is 11.5 Å². The van der Waals surface area contributed by atoms with Crippen molar-refractivity contribution in [3.8, 4) is 11.5 Å². The third kappa shape index (κ3) is 10.4. The summed E-state index contributed by atoms with van der Waals surface area (Å²) in [5.41, 5.74) is 4.77. The first-order valence-electron chi connectivity index (χ1n) is 12.4. The summed E-state index contributed by atoms with van der Waals surface area (Å²) in [7, 11) is 1.23. The molecule has 36 heavy (non-hydrogen) atoms. The Labute approximate surface area is 214 Å². The van der Waals surface area contributed by atoms with Gasteiger partial charge in [-0.1, -0.05) is 32.8 Å². The molecule has 2 N–H and O–H groups in total.